The quantitative estimate of drug-likeness (QED) is 0.0850. The van der Waals surface area contributed by atoms with Crippen LogP contribution in [0.3, 0.4) is 0 Å². The molecule has 8 heteroatoms. The smallest absolute Gasteiger partial charge is 0.331 e. The van der Waals surface area contributed by atoms with Gasteiger partial charge in [0.25, 0.3) is 0 Å². The van der Waals surface area contributed by atoms with Crippen molar-refractivity contribution < 1.29 is 24.0 Å². The van der Waals surface area contributed by atoms with E-state index < -0.39 is 5.97 Å². The predicted octanol–water partition coefficient (Wildman–Crippen LogP) is 4.77. The maximum absolute atomic E-state index is 13.1. The molecular weight excluding hydrogens is 458 g/mol. The number of esters is 1. The molecule has 0 unspecified atom stereocenters. The van der Waals surface area contributed by atoms with Crippen LogP contribution in [0.2, 0.25) is 0 Å². The summed E-state index contributed by atoms with van der Waals surface area (Å²) in [6.45, 7) is 1.70. The van der Waals surface area contributed by atoms with E-state index in [-0.39, 0.29) is 31.2 Å². The van der Waals surface area contributed by atoms with E-state index in [0.717, 1.165) is 21.8 Å². The average Bonchev–Trinajstić information content (AvgIpc) is 3.19. The minimum absolute atomic E-state index is 0.0679. The number of ether oxygens (including phenoxy) is 1. The maximum Gasteiger partial charge on any atom is 0.331 e. The molecule has 1 heterocycles. The lowest BCUT2D eigenvalue weighted by atomic mass is 10.0. The summed E-state index contributed by atoms with van der Waals surface area (Å²) in [4.78, 5) is 40.9. The molecule has 0 fully saturated rings. The van der Waals surface area contributed by atoms with Gasteiger partial charge in [0.1, 0.15) is 6.61 Å². The van der Waals surface area contributed by atoms with Gasteiger partial charge in [0, 0.05) is 46.4 Å². The summed E-state index contributed by atoms with van der Waals surface area (Å²) < 4.78 is 7.11. The van der Waals surface area contributed by atoms with Gasteiger partial charge in [0.15, 0.2) is 5.78 Å². The Morgan fingerprint density at radius 3 is 2.42 bits per heavy atom. The van der Waals surface area contributed by atoms with Crippen molar-refractivity contribution in [2.75, 3.05) is 6.61 Å². The van der Waals surface area contributed by atoms with E-state index in [9.17, 15) is 14.4 Å². The van der Waals surface area contributed by atoms with Crippen LogP contribution in [0.15, 0.2) is 71.9 Å². The molecule has 8 nitrogen and oxygen atoms in total. The van der Waals surface area contributed by atoms with Crippen LogP contribution in [-0.2, 0) is 25.7 Å². The molecule has 4 aromatic rings. The molecule has 1 aromatic heterocycles. The number of ketones is 1. The third-order valence-corrected chi connectivity index (χ3v) is 5.59. The van der Waals surface area contributed by atoms with Gasteiger partial charge in [-0.05, 0) is 35.9 Å². The molecule has 0 spiro atoms. The first kappa shape index (κ1) is 24.4. The van der Waals surface area contributed by atoms with Crippen molar-refractivity contribution in [2.45, 2.75) is 26.3 Å². The minimum atomic E-state index is -0.519. The lowest BCUT2D eigenvalue weighted by molar-refractivity contribution is -0.143. The topological polar surface area (TPSA) is 111 Å². The molecule has 0 atom stereocenters. The Bertz CT molecular complexity index is 1510. The van der Waals surface area contributed by atoms with Crippen LogP contribution < -0.4 is 0 Å². The average molecular weight is 482 g/mol. The number of hydrogen-bond acceptors (Lipinski definition) is 7. The zero-order valence-corrected chi connectivity index (χ0v) is 19.6. The van der Waals surface area contributed by atoms with Crippen LogP contribution >= 0.6 is 0 Å². The summed E-state index contributed by atoms with van der Waals surface area (Å²) >= 11 is 0. The normalized spacial score (nSPS) is 11.0. The predicted molar refractivity (Wildman–Crippen MR) is 134 cm³/mol. The standard InChI is InChI=1S/C28H23N3O5/c1-19(32)36-30-18-20-8-10-25-23(16-20)24-17-22(28(34)21-6-3-2-4-7-21)9-11-26(24)31(25)14-12-27(33)35-15-5-13-29/h2-4,6-11,16-18H,5,12,14-15H2,1H3/b30-18-. The maximum atomic E-state index is 13.1. The summed E-state index contributed by atoms with van der Waals surface area (Å²) in [5.74, 6) is -0.997. The molecular formula is C28H23N3O5. The Labute approximate surface area is 207 Å². The van der Waals surface area contributed by atoms with Gasteiger partial charge in [0.05, 0.1) is 25.1 Å². The van der Waals surface area contributed by atoms with Gasteiger partial charge in [0.2, 0.25) is 0 Å². The van der Waals surface area contributed by atoms with Crippen molar-refractivity contribution >= 4 is 45.7 Å². The summed E-state index contributed by atoms with van der Waals surface area (Å²) in [5.41, 5.74) is 3.56. The van der Waals surface area contributed by atoms with E-state index in [0.29, 0.717) is 23.2 Å². The fourth-order valence-corrected chi connectivity index (χ4v) is 3.99. The van der Waals surface area contributed by atoms with E-state index in [4.69, 9.17) is 10.00 Å². The summed E-state index contributed by atoms with van der Waals surface area (Å²) in [7, 11) is 0. The number of hydrogen-bond donors (Lipinski definition) is 0. The summed E-state index contributed by atoms with van der Waals surface area (Å²) in [6.07, 6.45) is 1.72. The van der Waals surface area contributed by atoms with E-state index in [1.165, 1.54) is 13.1 Å². The van der Waals surface area contributed by atoms with Crippen LogP contribution in [0.5, 0.6) is 0 Å². The third kappa shape index (κ3) is 5.47. The fraction of sp³-hybridized carbons (Fsp3) is 0.179. The molecule has 0 bridgehead atoms. The molecule has 0 N–H and O–H groups in total. The largest absolute Gasteiger partial charge is 0.465 e. The number of benzene rings is 3. The zero-order chi connectivity index (χ0) is 25.5. The number of aromatic nitrogens is 1. The summed E-state index contributed by atoms with van der Waals surface area (Å²) in [5, 5.41) is 14.0. The van der Waals surface area contributed by atoms with E-state index in [1.54, 1.807) is 18.2 Å². The van der Waals surface area contributed by atoms with Gasteiger partial charge in [-0.15, -0.1) is 0 Å². The highest BCUT2D eigenvalue weighted by Gasteiger charge is 2.16. The lowest BCUT2D eigenvalue weighted by Crippen LogP contribution is -2.10. The van der Waals surface area contributed by atoms with E-state index >= 15 is 0 Å². The number of carbonyl (C=O) groups is 3. The van der Waals surface area contributed by atoms with Gasteiger partial charge in [-0.25, -0.2) is 4.79 Å². The molecule has 36 heavy (non-hydrogen) atoms. The SMILES string of the molecule is CC(=O)O/N=C\c1ccc2c(c1)c1cc(C(=O)c3ccccc3)ccc1n2CCC(=O)OCCC#N. The second kappa shape index (κ2) is 11.1. The van der Waals surface area contributed by atoms with E-state index in [2.05, 4.69) is 9.99 Å². The van der Waals surface area contributed by atoms with E-state index in [1.807, 2.05) is 59.2 Å². The Balaban J connectivity index is 1.75. The Kier molecular flexibility index (Phi) is 7.51. The first-order chi connectivity index (χ1) is 17.5. The number of oxime groups is 1. The summed E-state index contributed by atoms with van der Waals surface area (Å²) in [6, 6.07) is 22.1. The fourth-order valence-electron chi connectivity index (χ4n) is 3.99. The molecule has 180 valence electrons. The van der Waals surface area contributed by atoms with Gasteiger partial charge in [-0.3, -0.25) is 9.59 Å². The van der Waals surface area contributed by atoms with Crippen LogP contribution in [0.4, 0.5) is 0 Å². The molecule has 0 aliphatic rings. The molecule has 0 saturated heterocycles. The molecule has 3 aromatic carbocycles. The van der Waals surface area contributed by atoms with Crippen molar-refractivity contribution in [3.8, 4) is 6.07 Å². The monoisotopic (exact) mass is 481 g/mol. The van der Waals surface area contributed by atoms with Crippen LogP contribution in [0.1, 0.15) is 41.3 Å². The molecule has 0 radical (unpaired) electrons. The molecule has 0 amide bonds. The Morgan fingerprint density at radius 2 is 1.69 bits per heavy atom. The van der Waals surface area contributed by atoms with Gasteiger partial charge >= 0.3 is 11.9 Å². The lowest BCUT2D eigenvalue weighted by Gasteiger charge is -2.08. The number of nitrogens with zero attached hydrogens (tertiary/aromatic N) is 3. The highest BCUT2D eigenvalue weighted by atomic mass is 16.7. The van der Waals surface area contributed by atoms with Gasteiger partial charge in [-0.2, -0.15) is 5.26 Å². The minimum Gasteiger partial charge on any atom is -0.465 e. The molecule has 0 aliphatic heterocycles. The Hall–Kier alpha value is -4.77. The number of nitriles is 1. The zero-order valence-electron chi connectivity index (χ0n) is 19.6. The van der Waals surface area contributed by atoms with Crippen molar-refractivity contribution in [3.63, 3.8) is 0 Å². The molecule has 0 aliphatic carbocycles. The van der Waals surface area contributed by atoms with Gasteiger partial charge < -0.3 is 14.1 Å². The van der Waals surface area contributed by atoms with Crippen molar-refractivity contribution in [2.24, 2.45) is 5.16 Å². The molecule has 4 rings (SSSR count). The third-order valence-electron chi connectivity index (χ3n) is 5.59. The van der Waals surface area contributed by atoms with Crippen molar-refractivity contribution in [1.29, 1.82) is 5.26 Å². The second-order valence-electron chi connectivity index (χ2n) is 8.05. The van der Waals surface area contributed by atoms with Crippen molar-refractivity contribution in [3.05, 3.63) is 83.4 Å². The van der Waals surface area contributed by atoms with Gasteiger partial charge in [-0.1, -0.05) is 41.6 Å². The number of carbonyl (C=O) groups excluding carboxylic acids is 3. The first-order valence-corrected chi connectivity index (χ1v) is 11.4. The number of fused-ring (bicyclic) bond motifs is 3. The highest BCUT2D eigenvalue weighted by molar-refractivity contribution is 6.15. The van der Waals surface area contributed by atoms with Crippen LogP contribution in [0, 0.1) is 11.3 Å². The van der Waals surface area contributed by atoms with Crippen molar-refractivity contribution in [1.82, 2.24) is 4.57 Å². The second-order valence-corrected chi connectivity index (χ2v) is 8.05. The molecule has 0 saturated carbocycles. The van der Waals surface area contributed by atoms with Crippen LogP contribution in [0.25, 0.3) is 21.8 Å². The van der Waals surface area contributed by atoms with Crippen LogP contribution in [-0.4, -0.2) is 35.1 Å². The number of rotatable bonds is 9. The number of aryl methyl sites for hydroxylation is 1. The highest BCUT2D eigenvalue weighted by Crippen LogP contribution is 2.31. The Morgan fingerprint density at radius 1 is 0.972 bits per heavy atom. The first-order valence-electron chi connectivity index (χ1n) is 11.4.